The number of nitrogens with one attached hydrogen (secondary N) is 1. The van der Waals surface area contributed by atoms with E-state index in [4.69, 9.17) is 4.74 Å². The van der Waals surface area contributed by atoms with Crippen LogP contribution in [-0.2, 0) is 20.9 Å². The van der Waals surface area contributed by atoms with E-state index in [1.54, 1.807) is 12.1 Å². The third-order valence-electron chi connectivity index (χ3n) is 6.38. The molecule has 176 valence electrons. The highest BCUT2D eigenvalue weighted by atomic mass is 31.2. The van der Waals surface area contributed by atoms with E-state index in [-0.39, 0.29) is 24.1 Å². The molecule has 2 aromatic carbocycles. The number of aryl methyl sites for hydroxylation is 2. The average Bonchev–Trinajstić information content (AvgIpc) is 2.82. The normalized spacial score (nSPS) is 12.0. The number of carbonyl (C=O) groups excluding carboxylic acids is 2. The summed E-state index contributed by atoms with van der Waals surface area (Å²) in [4.78, 5) is 26.4. The second-order valence-corrected chi connectivity index (χ2v) is 13.2. The molecule has 1 amide bonds. The van der Waals surface area contributed by atoms with Gasteiger partial charge >= 0.3 is 5.97 Å². The summed E-state index contributed by atoms with van der Waals surface area (Å²) in [5.74, 6) is -0.254. The van der Waals surface area contributed by atoms with Crippen LogP contribution in [0.1, 0.15) is 55.9 Å². The Hall–Kier alpha value is -2.70. The number of ether oxygens (including phenoxy) is 1. The van der Waals surface area contributed by atoms with Gasteiger partial charge in [0.05, 0.1) is 24.0 Å². The topological polar surface area (TPSA) is 79.2 Å². The van der Waals surface area contributed by atoms with Gasteiger partial charge in [0.15, 0.2) is 6.16 Å². The van der Waals surface area contributed by atoms with Crippen LogP contribution >= 0.6 is 7.26 Å². The highest BCUT2D eigenvalue weighted by Gasteiger charge is 2.48. The van der Waals surface area contributed by atoms with E-state index in [9.17, 15) is 14.9 Å². The molecule has 1 N–H and O–H groups in total. The Bertz CT molecular complexity index is 971. The van der Waals surface area contributed by atoms with Crippen molar-refractivity contribution in [1.29, 1.82) is 5.26 Å². The van der Waals surface area contributed by atoms with Crippen LogP contribution in [0, 0.1) is 25.2 Å². The van der Waals surface area contributed by atoms with Gasteiger partial charge in [0, 0.05) is 12.9 Å². The predicted molar refractivity (Wildman–Crippen MR) is 137 cm³/mol. The van der Waals surface area contributed by atoms with Crippen LogP contribution in [0.5, 0.6) is 0 Å². The molecular formula is C27H36N2O3P+. The highest BCUT2D eigenvalue weighted by Crippen LogP contribution is 2.64. The Morgan fingerprint density at radius 1 is 1.06 bits per heavy atom. The lowest BCUT2D eigenvalue weighted by Crippen LogP contribution is -2.35. The maximum absolute atomic E-state index is 13.6. The molecule has 0 spiro atoms. The van der Waals surface area contributed by atoms with Crippen molar-refractivity contribution in [3.8, 4) is 6.07 Å². The lowest BCUT2D eigenvalue weighted by atomic mass is 10.0. The number of hydrogen-bond donors (Lipinski definition) is 1. The number of anilines is 1. The van der Waals surface area contributed by atoms with Gasteiger partial charge in [-0.05, 0) is 62.9 Å². The molecule has 1 unspecified atom stereocenters. The van der Waals surface area contributed by atoms with Crippen molar-refractivity contribution in [3.63, 3.8) is 0 Å². The van der Waals surface area contributed by atoms with Gasteiger partial charge in [-0.15, -0.1) is 0 Å². The number of carbonyl (C=O) groups is 2. The van der Waals surface area contributed by atoms with Gasteiger partial charge < -0.3 is 10.1 Å². The maximum Gasteiger partial charge on any atom is 0.344 e. The molecule has 0 saturated heterocycles. The molecule has 0 aliphatic rings. The van der Waals surface area contributed by atoms with Crippen LogP contribution in [0.15, 0.2) is 42.5 Å². The monoisotopic (exact) mass is 467 g/mol. The number of esters is 1. The summed E-state index contributed by atoms with van der Waals surface area (Å²) in [6.45, 7) is 10.3. The zero-order valence-electron chi connectivity index (χ0n) is 20.5. The van der Waals surface area contributed by atoms with Gasteiger partial charge in [-0.2, -0.15) is 5.26 Å². The summed E-state index contributed by atoms with van der Waals surface area (Å²) in [7, 11) is -1.94. The Kier molecular flexibility index (Phi) is 10.1. The Balaban J connectivity index is 2.23. The molecule has 0 bridgehead atoms. The number of hydrogen-bond acceptors (Lipinski definition) is 4. The Morgan fingerprint density at radius 3 is 2.18 bits per heavy atom. The molecule has 33 heavy (non-hydrogen) atoms. The molecule has 0 aliphatic heterocycles. The SMILES string of the molecule is CCCC(C(=O)Nc1c(C)cc(C#N)cc1C)[P+](CC)(CC)CC(=O)OCc1ccccc1. The minimum absolute atomic E-state index is 0.0272. The number of amides is 1. The van der Waals surface area contributed by atoms with Crippen molar-refractivity contribution in [1.82, 2.24) is 0 Å². The summed E-state index contributed by atoms with van der Waals surface area (Å²) >= 11 is 0. The molecule has 0 fully saturated rings. The van der Waals surface area contributed by atoms with Crippen LogP contribution in [0.3, 0.4) is 0 Å². The first kappa shape index (κ1) is 26.6. The molecular weight excluding hydrogens is 431 g/mol. The number of nitriles is 1. The summed E-state index contributed by atoms with van der Waals surface area (Å²) in [5.41, 5.74) is 3.83. The second-order valence-electron chi connectivity index (χ2n) is 8.55. The minimum Gasteiger partial charge on any atom is -0.458 e. The smallest absolute Gasteiger partial charge is 0.344 e. The third-order valence-corrected chi connectivity index (χ3v) is 11.6. The Labute approximate surface area is 198 Å². The number of nitrogens with zero attached hydrogens (tertiary/aromatic N) is 1. The quantitative estimate of drug-likeness (QED) is 0.321. The van der Waals surface area contributed by atoms with Crippen LogP contribution < -0.4 is 5.32 Å². The average molecular weight is 468 g/mol. The molecule has 1 atom stereocenters. The van der Waals surface area contributed by atoms with Crippen molar-refractivity contribution in [2.45, 2.75) is 59.7 Å². The zero-order valence-corrected chi connectivity index (χ0v) is 21.4. The maximum atomic E-state index is 13.6. The number of rotatable bonds is 11. The highest BCUT2D eigenvalue weighted by molar-refractivity contribution is 7.78. The van der Waals surface area contributed by atoms with Gasteiger partial charge in [0.25, 0.3) is 5.91 Å². The standard InChI is InChI=1S/C27H35N2O3P/c1-6-12-24(27(31)29-26-20(4)15-23(17-28)16-21(26)5)33(7-2,8-3)19-25(30)32-18-22-13-10-9-11-14-22/h9-11,13-16,24H,6-8,12,18-19H2,1-5H3/p+1. The molecule has 6 heteroatoms. The fourth-order valence-corrected chi connectivity index (χ4v) is 8.37. The van der Waals surface area contributed by atoms with Gasteiger partial charge in [0.1, 0.15) is 12.3 Å². The number of benzene rings is 2. The lowest BCUT2D eigenvalue weighted by Gasteiger charge is -2.32. The van der Waals surface area contributed by atoms with E-state index >= 15 is 0 Å². The van der Waals surface area contributed by atoms with Gasteiger partial charge in [0.2, 0.25) is 0 Å². The largest absolute Gasteiger partial charge is 0.458 e. The van der Waals surface area contributed by atoms with Crippen LogP contribution in [-0.4, -0.2) is 36.0 Å². The van der Waals surface area contributed by atoms with E-state index in [0.29, 0.717) is 11.7 Å². The first-order chi connectivity index (χ1) is 15.8. The van der Waals surface area contributed by atoms with Gasteiger partial charge in [-0.3, -0.25) is 4.79 Å². The molecule has 5 nitrogen and oxygen atoms in total. The van der Waals surface area contributed by atoms with Crippen LogP contribution in [0.2, 0.25) is 0 Å². The molecule has 0 aliphatic carbocycles. The van der Waals surface area contributed by atoms with Gasteiger partial charge in [-0.1, -0.05) is 43.7 Å². The van der Waals surface area contributed by atoms with E-state index in [2.05, 4.69) is 32.2 Å². The molecule has 2 aromatic rings. The molecule has 0 saturated carbocycles. The van der Waals surface area contributed by atoms with Crippen LogP contribution in [0.4, 0.5) is 5.69 Å². The van der Waals surface area contributed by atoms with E-state index in [1.807, 2.05) is 44.2 Å². The van der Waals surface area contributed by atoms with Crippen molar-refractivity contribution >= 4 is 24.8 Å². The van der Waals surface area contributed by atoms with E-state index < -0.39 is 7.26 Å². The Morgan fingerprint density at radius 2 is 1.67 bits per heavy atom. The molecule has 0 aromatic heterocycles. The van der Waals surface area contributed by atoms with E-state index in [0.717, 1.165) is 47.5 Å². The third kappa shape index (κ3) is 6.89. The molecule has 2 rings (SSSR count). The van der Waals surface area contributed by atoms with Gasteiger partial charge in [-0.25, -0.2) is 4.79 Å². The first-order valence-corrected chi connectivity index (χ1v) is 14.1. The first-order valence-electron chi connectivity index (χ1n) is 11.7. The van der Waals surface area contributed by atoms with Crippen molar-refractivity contribution < 1.29 is 14.3 Å². The fraction of sp³-hybridized carbons (Fsp3) is 0.444. The fourth-order valence-electron chi connectivity index (χ4n) is 4.40. The summed E-state index contributed by atoms with van der Waals surface area (Å²) < 4.78 is 5.60. The van der Waals surface area contributed by atoms with E-state index in [1.165, 1.54) is 0 Å². The summed E-state index contributed by atoms with van der Waals surface area (Å²) in [6.07, 6.45) is 3.54. The molecule has 0 heterocycles. The summed E-state index contributed by atoms with van der Waals surface area (Å²) in [6, 6.07) is 15.4. The van der Waals surface area contributed by atoms with Crippen molar-refractivity contribution in [2.75, 3.05) is 23.8 Å². The predicted octanol–water partition coefficient (Wildman–Crippen LogP) is 6.08. The van der Waals surface area contributed by atoms with Crippen molar-refractivity contribution in [3.05, 3.63) is 64.7 Å². The lowest BCUT2D eigenvalue weighted by molar-refractivity contribution is -0.141. The second kappa shape index (κ2) is 12.5. The van der Waals surface area contributed by atoms with Crippen LogP contribution in [0.25, 0.3) is 0 Å². The minimum atomic E-state index is -1.94. The zero-order chi connectivity index (χ0) is 24.4. The molecule has 0 radical (unpaired) electrons. The van der Waals surface area contributed by atoms with Crippen molar-refractivity contribution in [2.24, 2.45) is 0 Å². The summed E-state index contributed by atoms with van der Waals surface area (Å²) in [5, 5.41) is 12.4.